The highest BCUT2D eigenvalue weighted by Gasteiger charge is 2.06. The van der Waals surface area contributed by atoms with E-state index in [1.165, 1.54) is 0 Å². The second-order valence-corrected chi connectivity index (χ2v) is 5.28. The zero-order valence-corrected chi connectivity index (χ0v) is 14.8. The summed E-state index contributed by atoms with van der Waals surface area (Å²) in [6.07, 6.45) is 0.687. The molecule has 6 heteroatoms. The number of carbonyl (C=O) groups excluding carboxylic acids is 1. The Kier molecular flexibility index (Phi) is 6.95. The summed E-state index contributed by atoms with van der Waals surface area (Å²) in [5.74, 6) is 2.09. The van der Waals surface area contributed by atoms with E-state index in [0.29, 0.717) is 36.8 Å². The van der Waals surface area contributed by atoms with Crippen LogP contribution in [0.1, 0.15) is 12.5 Å². The van der Waals surface area contributed by atoms with Crippen molar-refractivity contribution in [2.45, 2.75) is 13.3 Å². The molecule has 0 radical (unpaired) electrons. The summed E-state index contributed by atoms with van der Waals surface area (Å²) in [6.45, 7) is 3.01. The number of urea groups is 1. The third-order valence-electron chi connectivity index (χ3n) is 3.55. The van der Waals surface area contributed by atoms with E-state index in [1.807, 2.05) is 43.3 Å². The Balaban J connectivity index is 1.83. The van der Waals surface area contributed by atoms with Gasteiger partial charge >= 0.3 is 6.03 Å². The van der Waals surface area contributed by atoms with Gasteiger partial charge in [0.05, 0.1) is 20.8 Å². The molecule has 25 heavy (non-hydrogen) atoms. The van der Waals surface area contributed by atoms with Crippen molar-refractivity contribution in [2.24, 2.45) is 0 Å². The second-order valence-electron chi connectivity index (χ2n) is 5.28. The van der Waals surface area contributed by atoms with Gasteiger partial charge in [-0.25, -0.2) is 4.79 Å². The Labute approximate surface area is 148 Å². The summed E-state index contributed by atoms with van der Waals surface area (Å²) >= 11 is 0. The van der Waals surface area contributed by atoms with Crippen LogP contribution in [0.25, 0.3) is 0 Å². The molecule has 6 nitrogen and oxygen atoms in total. The summed E-state index contributed by atoms with van der Waals surface area (Å²) in [5, 5.41) is 5.63. The fraction of sp³-hybridized carbons (Fsp3) is 0.316. The first-order valence-electron chi connectivity index (χ1n) is 8.15. The summed E-state index contributed by atoms with van der Waals surface area (Å²) in [4.78, 5) is 12.0. The number of carbonyl (C=O) groups is 1. The number of hydrogen-bond donors (Lipinski definition) is 2. The highest BCUT2D eigenvalue weighted by atomic mass is 16.5. The molecule has 0 saturated heterocycles. The lowest BCUT2D eigenvalue weighted by molar-refractivity contribution is 0.252. The largest absolute Gasteiger partial charge is 0.494 e. The third-order valence-corrected chi connectivity index (χ3v) is 3.55. The van der Waals surface area contributed by atoms with E-state index < -0.39 is 0 Å². The second kappa shape index (κ2) is 9.42. The van der Waals surface area contributed by atoms with Gasteiger partial charge in [0.2, 0.25) is 0 Å². The van der Waals surface area contributed by atoms with E-state index in [4.69, 9.17) is 14.2 Å². The average molecular weight is 344 g/mol. The quantitative estimate of drug-likeness (QED) is 0.769. The number of hydrogen-bond acceptors (Lipinski definition) is 4. The van der Waals surface area contributed by atoms with Gasteiger partial charge in [0.1, 0.15) is 5.75 Å². The average Bonchev–Trinajstić information content (AvgIpc) is 2.62. The van der Waals surface area contributed by atoms with E-state index in [-0.39, 0.29) is 6.03 Å². The van der Waals surface area contributed by atoms with Crippen molar-refractivity contribution in [1.82, 2.24) is 5.32 Å². The van der Waals surface area contributed by atoms with Crippen LogP contribution >= 0.6 is 0 Å². The molecule has 2 amide bonds. The van der Waals surface area contributed by atoms with Gasteiger partial charge in [0, 0.05) is 18.3 Å². The topological polar surface area (TPSA) is 68.8 Å². The molecule has 0 unspecified atom stereocenters. The Hall–Kier alpha value is -2.89. The van der Waals surface area contributed by atoms with E-state index in [2.05, 4.69) is 10.6 Å². The highest BCUT2D eigenvalue weighted by molar-refractivity contribution is 5.89. The number of anilines is 1. The number of ether oxygens (including phenoxy) is 3. The van der Waals surface area contributed by atoms with Crippen LogP contribution in [0.5, 0.6) is 17.2 Å². The minimum Gasteiger partial charge on any atom is -0.494 e. The van der Waals surface area contributed by atoms with Crippen molar-refractivity contribution in [3.63, 3.8) is 0 Å². The number of amides is 2. The van der Waals surface area contributed by atoms with Crippen molar-refractivity contribution in [3.8, 4) is 17.2 Å². The van der Waals surface area contributed by atoms with Gasteiger partial charge in [-0.15, -0.1) is 0 Å². The number of nitrogens with one attached hydrogen (secondary N) is 2. The third kappa shape index (κ3) is 5.60. The molecule has 0 spiro atoms. The van der Waals surface area contributed by atoms with Gasteiger partial charge in [-0.05, 0) is 43.2 Å². The molecule has 2 rings (SSSR count). The van der Waals surface area contributed by atoms with Gasteiger partial charge in [-0.2, -0.15) is 0 Å². The van der Waals surface area contributed by atoms with Crippen LogP contribution in [-0.2, 0) is 6.42 Å². The van der Waals surface area contributed by atoms with E-state index in [1.54, 1.807) is 20.3 Å². The lowest BCUT2D eigenvalue weighted by Gasteiger charge is -2.11. The first kappa shape index (κ1) is 18.4. The maximum atomic E-state index is 12.0. The SMILES string of the molecule is CCOc1cccc(NC(=O)NCCc2ccc(OC)c(OC)c2)c1. The van der Waals surface area contributed by atoms with Crippen LogP contribution in [0.4, 0.5) is 10.5 Å². The highest BCUT2D eigenvalue weighted by Crippen LogP contribution is 2.27. The molecule has 2 N–H and O–H groups in total. The van der Waals surface area contributed by atoms with E-state index in [9.17, 15) is 4.79 Å². The molecular weight excluding hydrogens is 320 g/mol. The van der Waals surface area contributed by atoms with Gasteiger partial charge < -0.3 is 24.8 Å². The lowest BCUT2D eigenvalue weighted by Crippen LogP contribution is -2.30. The summed E-state index contributed by atoms with van der Waals surface area (Å²) in [5.41, 5.74) is 1.74. The van der Waals surface area contributed by atoms with Gasteiger partial charge in [-0.3, -0.25) is 0 Å². The molecule has 0 aromatic heterocycles. The fourth-order valence-electron chi connectivity index (χ4n) is 2.36. The van der Waals surface area contributed by atoms with Crippen LogP contribution in [0.15, 0.2) is 42.5 Å². The summed E-state index contributed by atoms with van der Waals surface area (Å²) in [7, 11) is 3.20. The molecule has 2 aromatic rings. The molecule has 0 fully saturated rings. The molecular formula is C19H24N2O4. The monoisotopic (exact) mass is 344 g/mol. The molecule has 0 atom stereocenters. The van der Waals surface area contributed by atoms with E-state index >= 15 is 0 Å². The van der Waals surface area contributed by atoms with E-state index in [0.717, 1.165) is 11.3 Å². The zero-order chi connectivity index (χ0) is 18.1. The Morgan fingerprint density at radius 2 is 1.84 bits per heavy atom. The Bertz CT molecular complexity index is 704. The minimum atomic E-state index is -0.255. The standard InChI is InChI=1S/C19H24N2O4/c1-4-25-16-7-5-6-15(13-16)21-19(22)20-11-10-14-8-9-17(23-2)18(12-14)24-3/h5-9,12-13H,4,10-11H2,1-3H3,(H2,20,21,22). The predicted molar refractivity (Wildman–Crippen MR) is 97.9 cm³/mol. The van der Waals surface area contributed by atoms with Gasteiger partial charge in [0.15, 0.2) is 11.5 Å². The molecule has 0 aliphatic rings. The Morgan fingerprint density at radius 1 is 1.04 bits per heavy atom. The first-order valence-corrected chi connectivity index (χ1v) is 8.15. The maximum absolute atomic E-state index is 12.0. The van der Waals surface area contributed by atoms with Crippen molar-refractivity contribution in [3.05, 3.63) is 48.0 Å². The fourth-order valence-corrected chi connectivity index (χ4v) is 2.36. The molecule has 2 aromatic carbocycles. The predicted octanol–water partition coefficient (Wildman–Crippen LogP) is 3.47. The molecule has 0 aliphatic carbocycles. The van der Waals surface area contributed by atoms with Crippen molar-refractivity contribution in [1.29, 1.82) is 0 Å². The van der Waals surface area contributed by atoms with Crippen LogP contribution in [-0.4, -0.2) is 33.4 Å². The minimum absolute atomic E-state index is 0.255. The molecule has 0 saturated carbocycles. The Morgan fingerprint density at radius 3 is 2.56 bits per heavy atom. The van der Waals surface area contributed by atoms with Crippen molar-refractivity contribution in [2.75, 3.05) is 32.7 Å². The van der Waals surface area contributed by atoms with Crippen molar-refractivity contribution >= 4 is 11.7 Å². The maximum Gasteiger partial charge on any atom is 0.319 e. The number of benzene rings is 2. The van der Waals surface area contributed by atoms with Gasteiger partial charge in [-0.1, -0.05) is 12.1 Å². The summed E-state index contributed by atoms with van der Waals surface area (Å²) < 4.78 is 15.9. The molecule has 0 bridgehead atoms. The summed E-state index contributed by atoms with van der Waals surface area (Å²) in [6, 6.07) is 12.8. The van der Waals surface area contributed by atoms with Crippen LogP contribution < -0.4 is 24.8 Å². The van der Waals surface area contributed by atoms with Crippen LogP contribution in [0.3, 0.4) is 0 Å². The van der Waals surface area contributed by atoms with Gasteiger partial charge in [0.25, 0.3) is 0 Å². The first-order chi connectivity index (χ1) is 12.2. The lowest BCUT2D eigenvalue weighted by atomic mass is 10.1. The smallest absolute Gasteiger partial charge is 0.319 e. The zero-order valence-electron chi connectivity index (χ0n) is 14.8. The van der Waals surface area contributed by atoms with Crippen LogP contribution in [0.2, 0.25) is 0 Å². The molecule has 0 heterocycles. The number of methoxy groups -OCH3 is 2. The molecule has 134 valence electrons. The molecule has 0 aliphatic heterocycles. The normalized spacial score (nSPS) is 10.0. The number of rotatable bonds is 8. The van der Waals surface area contributed by atoms with Crippen LogP contribution in [0, 0.1) is 0 Å². The van der Waals surface area contributed by atoms with Crippen molar-refractivity contribution < 1.29 is 19.0 Å².